The van der Waals surface area contributed by atoms with E-state index in [4.69, 9.17) is 0 Å². The Balaban J connectivity index is 1.47. The Morgan fingerprint density at radius 1 is 1.11 bits per heavy atom. The number of halogens is 1. The van der Waals surface area contributed by atoms with Gasteiger partial charge in [0.15, 0.2) is 0 Å². The van der Waals surface area contributed by atoms with Crippen LogP contribution in [-0.2, 0) is 0 Å². The molecule has 2 heterocycles. The highest BCUT2D eigenvalue weighted by atomic mass is 19.1. The van der Waals surface area contributed by atoms with Crippen LogP contribution in [0.2, 0.25) is 0 Å². The summed E-state index contributed by atoms with van der Waals surface area (Å²) in [4.78, 5) is 20.0. The van der Waals surface area contributed by atoms with E-state index in [9.17, 15) is 9.18 Å². The fourth-order valence-electron chi connectivity index (χ4n) is 4.57. The summed E-state index contributed by atoms with van der Waals surface area (Å²) in [5.74, 6) is -0.243. The van der Waals surface area contributed by atoms with Crippen LogP contribution in [0.25, 0.3) is 10.8 Å². The normalized spacial score (nSPS) is 22.4. The van der Waals surface area contributed by atoms with E-state index in [0.29, 0.717) is 11.6 Å². The van der Waals surface area contributed by atoms with Crippen LogP contribution in [0.4, 0.5) is 4.39 Å². The summed E-state index contributed by atoms with van der Waals surface area (Å²) in [6.07, 6.45) is 3.46. The number of piperidine rings is 1. The van der Waals surface area contributed by atoms with Crippen LogP contribution in [-0.4, -0.2) is 73.0 Å². The molecule has 1 amide bonds. The van der Waals surface area contributed by atoms with Crippen LogP contribution in [0.5, 0.6) is 0 Å². The quantitative estimate of drug-likeness (QED) is 0.831. The number of likely N-dealkylation sites (N-methyl/N-ethyl adjacent to an activating group) is 1. The lowest BCUT2D eigenvalue weighted by Gasteiger charge is -2.35. The molecule has 2 fully saturated rings. The van der Waals surface area contributed by atoms with E-state index in [2.05, 4.69) is 16.8 Å². The van der Waals surface area contributed by atoms with E-state index in [-0.39, 0.29) is 17.8 Å². The minimum atomic E-state index is -0.273. The standard InChI is InChI=1S/C22H28FN3O/c1-24-11-8-18(9-12-24)26-13-10-19(15-26)25(2)22(27)21-5-3-4-16-14-17(23)6-7-20(16)21/h3-7,14,18-19H,8-13,15H2,1-2H3. The molecule has 0 spiro atoms. The smallest absolute Gasteiger partial charge is 0.254 e. The fraction of sp³-hybridized carbons (Fsp3) is 0.500. The van der Waals surface area contributed by atoms with Crippen LogP contribution in [0, 0.1) is 5.82 Å². The largest absolute Gasteiger partial charge is 0.337 e. The maximum atomic E-state index is 13.5. The first-order chi connectivity index (χ1) is 13.0. The topological polar surface area (TPSA) is 26.8 Å². The molecule has 4 nitrogen and oxygen atoms in total. The Morgan fingerprint density at radius 3 is 2.67 bits per heavy atom. The molecular formula is C22H28FN3O. The van der Waals surface area contributed by atoms with Gasteiger partial charge in [0.05, 0.1) is 0 Å². The monoisotopic (exact) mass is 369 g/mol. The molecule has 0 radical (unpaired) electrons. The van der Waals surface area contributed by atoms with Gasteiger partial charge in [0, 0.05) is 37.8 Å². The average molecular weight is 369 g/mol. The highest BCUT2D eigenvalue weighted by molar-refractivity contribution is 6.07. The van der Waals surface area contributed by atoms with Gasteiger partial charge in [-0.3, -0.25) is 9.69 Å². The number of fused-ring (bicyclic) bond motifs is 1. The average Bonchev–Trinajstić information content (AvgIpc) is 3.17. The summed E-state index contributed by atoms with van der Waals surface area (Å²) in [7, 11) is 4.10. The summed E-state index contributed by atoms with van der Waals surface area (Å²) in [6.45, 7) is 4.34. The van der Waals surface area contributed by atoms with Gasteiger partial charge in [-0.15, -0.1) is 0 Å². The Hall–Kier alpha value is -1.98. The third kappa shape index (κ3) is 3.71. The lowest BCUT2D eigenvalue weighted by atomic mass is 10.0. The Morgan fingerprint density at radius 2 is 1.89 bits per heavy atom. The third-order valence-corrected chi connectivity index (χ3v) is 6.34. The van der Waals surface area contributed by atoms with Gasteiger partial charge >= 0.3 is 0 Å². The molecule has 27 heavy (non-hydrogen) atoms. The minimum Gasteiger partial charge on any atom is -0.337 e. The van der Waals surface area contributed by atoms with Crippen molar-refractivity contribution < 1.29 is 9.18 Å². The Kier molecular flexibility index (Phi) is 5.15. The van der Waals surface area contributed by atoms with Gasteiger partial charge in [0.1, 0.15) is 5.82 Å². The van der Waals surface area contributed by atoms with E-state index in [1.807, 2.05) is 30.1 Å². The predicted molar refractivity (Wildman–Crippen MR) is 106 cm³/mol. The third-order valence-electron chi connectivity index (χ3n) is 6.34. The fourth-order valence-corrected chi connectivity index (χ4v) is 4.57. The number of rotatable bonds is 3. The van der Waals surface area contributed by atoms with Gasteiger partial charge in [-0.2, -0.15) is 0 Å². The van der Waals surface area contributed by atoms with E-state index in [0.717, 1.165) is 43.4 Å². The maximum absolute atomic E-state index is 13.5. The first-order valence-corrected chi connectivity index (χ1v) is 9.91. The van der Waals surface area contributed by atoms with Gasteiger partial charge in [0.25, 0.3) is 5.91 Å². The van der Waals surface area contributed by atoms with Crippen LogP contribution < -0.4 is 0 Å². The summed E-state index contributed by atoms with van der Waals surface area (Å²) in [5.41, 5.74) is 0.660. The molecule has 0 saturated carbocycles. The minimum absolute atomic E-state index is 0.0300. The SMILES string of the molecule is CN1CCC(N2CCC(N(C)C(=O)c3cccc4cc(F)ccc34)C2)CC1. The van der Waals surface area contributed by atoms with Gasteiger partial charge in [-0.25, -0.2) is 4.39 Å². The lowest BCUT2D eigenvalue weighted by molar-refractivity contribution is 0.0723. The molecule has 1 atom stereocenters. The van der Waals surface area contributed by atoms with E-state index in [1.165, 1.54) is 25.0 Å². The van der Waals surface area contributed by atoms with Crippen LogP contribution in [0.3, 0.4) is 0 Å². The lowest BCUT2D eigenvalue weighted by Crippen LogP contribution is -2.45. The zero-order valence-electron chi connectivity index (χ0n) is 16.2. The first kappa shape index (κ1) is 18.4. The van der Waals surface area contributed by atoms with Crippen molar-refractivity contribution in [2.24, 2.45) is 0 Å². The second-order valence-corrected chi connectivity index (χ2v) is 8.06. The molecule has 0 bridgehead atoms. The number of likely N-dealkylation sites (tertiary alicyclic amines) is 2. The molecule has 2 aliphatic heterocycles. The maximum Gasteiger partial charge on any atom is 0.254 e. The molecule has 0 aliphatic carbocycles. The van der Waals surface area contributed by atoms with Crippen LogP contribution in [0.15, 0.2) is 36.4 Å². The van der Waals surface area contributed by atoms with E-state index < -0.39 is 0 Å². The van der Waals surface area contributed by atoms with Gasteiger partial charge < -0.3 is 9.80 Å². The van der Waals surface area contributed by atoms with E-state index >= 15 is 0 Å². The van der Waals surface area contributed by atoms with Crippen molar-refractivity contribution in [2.75, 3.05) is 40.3 Å². The summed E-state index contributed by atoms with van der Waals surface area (Å²) >= 11 is 0. The molecule has 2 saturated heterocycles. The van der Waals surface area contributed by atoms with Crippen molar-refractivity contribution in [1.82, 2.24) is 14.7 Å². The molecule has 2 aliphatic rings. The molecule has 2 aromatic rings. The second kappa shape index (κ2) is 7.56. The molecule has 0 aromatic heterocycles. The van der Waals surface area contributed by atoms with Crippen molar-refractivity contribution in [3.63, 3.8) is 0 Å². The zero-order chi connectivity index (χ0) is 19.0. The van der Waals surface area contributed by atoms with Crippen LogP contribution in [0.1, 0.15) is 29.6 Å². The van der Waals surface area contributed by atoms with Crippen molar-refractivity contribution in [1.29, 1.82) is 0 Å². The number of carbonyl (C=O) groups is 1. The number of nitrogens with zero attached hydrogens (tertiary/aromatic N) is 3. The molecule has 144 valence electrons. The molecule has 2 aromatic carbocycles. The predicted octanol–water partition coefficient (Wildman–Crippen LogP) is 3.22. The number of amides is 1. The molecule has 4 rings (SSSR count). The van der Waals surface area contributed by atoms with Crippen LogP contribution >= 0.6 is 0 Å². The number of carbonyl (C=O) groups excluding carboxylic acids is 1. The van der Waals surface area contributed by atoms with Crippen molar-refractivity contribution in [3.8, 4) is 0 Å². The summed E-state index contributed by atoms with van der Waals surface area (Å²) < 4.78 is 13.5. The Bertz CT molecular complexity index is 831. The van der Waals surface area contributed by atoms with Gasteiger partial charge in [-0.05, 0) is 68.4 Å². The zero-order valence-corrected chi connectivity index (χ0v) is 16.2. The molecule has 5 heteroatoms. The Labute approximate surface area is 160 Å². The summed E-state index contributed by atoms with van der Waals surface area (Å²) in [5, 5.41) is 1.59. The molecule has 1 unspecified atom stereocenters. The molecule has 0 N–H and O–H groups in total. The van der Waals surface area contributed by atoms with Crippen molar-refractivity contribution >= 4 is 16.7 Å². The second-order valence-electron chi connectivity index (χ2n) is 8.06. The molecular weight excluding hydrogens is 341 g/mol. The number of hydrogen-bond acceptors (Lipinski definition) is 3. The highest BCUT2D eigenvalue weighted by Gasteiger charge is 2.33. The van der Waals surface area contributed by atoms with Gasteiger partial charge in [-0.1, -0.05) is 18.2 Å². The number of benzene rings is 2. The van der Waals surface area contributed by atoms with E-state index in [1.54, 1.807) is 6.07 Å². The highest BCUT2D eigenvalue weighted by Crippen LogP contribution is 2.26. The summed E-state index contributed by atoms with van der Waals surface area (Å²) in [6, 6.07) is 11.1. The van der Waals surface area contributed by atoms with Crippen molar-refractivity contribution in [2.45, 2.75) is 31.3 Å². The number of hydrogen-bond donors (Lipinski definition) is 0. The van der Waals surface area contributed by atoms with Gasteiger partial charge in [0.2, 0.25) is 0 Å². The van der Waals surface area contributed by atoms with Crippen molar-refractivity contribution in [3.05, 3.63) is 47.8 Å². The first-order valence-electron chi connectivity index (χ1n) is 9.91.